The minimum Gasteiger partial charge on any atom is -0.379 e. The van der Waals surface area contributed by atoms with Crippen LogP contribution in [0.25, 0.3) is 0 Å². The minimum atomic E-state index is -0.0454. The van der Waals surface area contributed by atoms with Crippen molar-refractivity contribution >= 4 is 0 Å². The fourth-order valence-corrected chi connectivity index (χ4v) is 0.809. The van der Waals surface area contributed by atoms with Gasteiger partial charge in [0.05, 0.1) is 13.2 Å². The highest BCUT2D eigenvalue weighted by atomic mass is 16.6. The number of hydrogen-bond acceptors (Lipinski definition) is 3. The monoisotopic (exact) mass is 186 g/mol. The predicted octanol–water partition coefficient (Wildman–Crippen LogP) is 1.08. The molecule has 0 aromatic heterocycles. The zero-order valence-corrected chi connectivity index (χ0v) is 8.41. The van der Waals surface area contributed by atoms with Crippen LogP contribution in [0, 0.1) is 12.3 Å². The summed E-state index contributed by atoms with van der Waals surface area (Å²) in [6.45, 7) is 6.64. The van der Waals surface area contributed by atoms with E-state index in [1.165, 1.54) is 0 Å². The third-order valence-electron chi connectivity index (χ3n) is 1.42. The van der Waals surface area contributed by atoms with Crippen LogP contribution in [0.5, 0.6) is 0 Å². The Morgan fingerprint density at radius 3 is 2.08 bits per heavy atom. The summed E-state index contributed by atoms with van der Waals surface area (Å²) >= 11 is 0. The van der Waals surface area contributed by atoms with Gasteiger partial charge in [0.2, 0.25) is 0 Å². The van der Waals surface area contributed by atoms with Crippen LogP contribution in [0.4, 0.5) is 0 Å². The average molecular weight is 186 g/mol. The molecule has 0 spiro atoms. The van der Waals surface area contributed by atoms with E-state index in [1.54, 1.807) is 0 Å². The Morgan fingerprint density at radius 1 is 1.15 bits per heavy atom. The first kappa shape index (κ1) is 12.4. The van der Waals surface area contributed by atoms with Gasteiger partial charge >= 0.3 is 0 Å². The molecule has 0 saturated heterocycles. The van der Waals surface area contributed by atoms with Crippen LogP contribution in [-0.4, -0.2) is 39.1 Å². The first-order valence-corrected chi connectivity index (χ1v) is 4.55. The molecule has 0 aliphatic rings. The van der Waals surface area contributed by atoms with Crippen molar-refractivity contribution in [2.75, 3.05) is 33.0 Å². The third kappa shape index (κ3) is 7.79. The van der Waals surface area contributed by atoms with Crippen molar-refractivity contribution in [3.63, 3.8) is 0 Å². The second kappa shape index (κ2) is 9.53. The van der Waals surface area contributed by atoms with Crippen molar-refractivity contribution in [2.24, 2.45) is 0 Å². The maximum absolute atomic E-state index is 5.31. The summed E-state index contributed by atoms with van der Waals surface area (Å²) in [6.07, 6.45) is 5.03. The van der Waals surface area contributed by atoms with Crippen LogP contribution in [0.15, 0.2) is 0 Å². The summed E-state index contributed by atoms with van der Waals surface area (Å²) < 4.78 is 15.7. The summed E-state index contributed by atoms with van der Waals surface area (Å²) in [6, 6.07) is 0. The molecule has 0 saturated carbocycles. The number of rotatable bonds is 8. The number of terminal acetylenes is 1. The Balaban J connectivity index is 3.54. The quantitative estimate of drug-likeness (QED) is 0.531. The zero-order valence-electron chi connectivity index (χ0n) is 8.41. The van der Waals surface area contributed by atoms with Crippen molar-refractivity contribution in [3.8, 4) is 12.3 Å². The maximum atomic E-state index is 5.31. The van der Waals surface area contributed by atoms with Crippen LogP contribution in [0.2, 0.25) is 0 Å². The molecule has 3 heteroatoms. The van der Waals surface area contributed by atoms with E-state index < -0.39 is 0 Å². The third-order valence-corrected chi connectivity index (χ3v) is 1.42. The highest BCUT2D eigenvalue weighted by molar-refractivity contribution is 4.83. The molecule has 0 amide bonds. The van der Waals surface area contributed by atoms with Crippen LogP contribution in [-0.2, 0) is 14.2 Å². The van der Waals surface area contributed by atoms with Gasteiger partial charge in [0.1, 0.15) is 12.7 Å². The van der Waals surface area contributed by atoms with Crippen molar-refractivity contribution in [3.05, 3.63) is 0 Å². The molecule has 0 aromatic rings. The molecule has 0 fully saturated rings. The van der Waals surface area contributed by atoms with Crippen LogP contribution in [0.3, 0.4) is 0 Å². The summed E-state index contributed by atoms with van der Waals surface area (Å²) in [5.74, 6) is 2.42. The van der Waals surface area contributed by atoms with Gasteiger partial charge in [-0.2, -0.15) is 0 Å². The summed E-state index contributed by atoms with van der Waals surface area (Å²) in [7, 11) is 0. The van der Waals surface area contributed by atoms with Crippen molar-refractivity contribution in [2.45, 2.75) is 20.0 Å². The Hall–Kier alpha value is -0.560. The molecule has 0 bridgehead atoms. The SMILES string of the molecule is C#CCOC(COCC)COCC. The number of hydrogen-bond donors (Lipinski definition) is 0. The number of ether oxygens (including phenoxy) is 3. The van der Waals surface area contributed by atoms with E-state index >= 15 is 0 Å². The van der Waals surface area contributed by atoms with Crippen molar-refractivity contribution in [1.29, 1.82) is 0 Å². The van der Waals surface area contributed by atoms with Gasteiger partial charge in [0, 0.05) is 13.2 Å². The first-order chi connectivity index (χ1) is 6.35. The highest BCUT2D eigenvalue weighted by Gasteiger charge is 2.07. The lowest BCUT2D eigenvalue weighted by molar-refractivity contribution is -0.0462. The molecule has 0 rings (SSSR count). The Morgan fingerprint density at radius 2 is 1.69 bits per heavy atom. The van der Waals surface area contributed by atoms with E-state index in [0.717, 1.165) is 0 Å². The van der Waals surface area contributed by atoms with Crippen molar-refractivity contribution in [1.82, 2.24) is 0 Å². The van der Waals surface area contributed by atoms with E-state index in [9.17, 15) is 0 Å². The molecular formula is C10H18O3. The molecule has 0 aliphatic heterocycles. The van der Waals surface area contributed by atoms with E-state index in [0.29, 0.717) is 33.0 Å². The lowest BCUT2D eigenvalue weighted by atomic mass is 10.4. The summed E-state index contributed by atoms with van der Waals surface area (Å²) in [5.41, 5.74) is 0. The standard InChI is InChI=1S/C10H18O3/c1-4-7-13-10(8-11-5-2)9-12-6-3/h1,10H,5-9H2,2-3H3. The molecule has 0 unspecified atom stereocenters. The van der Waals surface area contributed by atoms with Gasteiger partial charge in [-0.05, 0) is 13.8 Å². The molecule has 0 atom stereocenters. The second-order valence-electron chi connectivity index (χ2n) is 2.46. The van der Waals surface area contributed by atoms with E-state index in [-0.39, 0.29) is 6.10 Å². The molecule has 13 heavy (non-hydrogen) atoms. The molecule has 0 radical (unpaired) electrons. The minimum absolute atomic E-state index is 0.0454. The normalized spacial score (nSPS) is 10.3. The first-order valence-electron chi connectivity index (χ1n) is 4.55. The van der Waals surface area contributed by atoms with E-state index in [2.05, 4.69) is 5.92 Å². The van der Waals surface area contributed by atoms with Crippen LogP contribution in [0.1, 0.15) is 13.8 Å². The fraction of sp³-hybridized carbons (Fsp3) is 0.800. The molecule has 0 N–H and O–H groups in total. The van der Waals surface area contributed by atoms with Gasteiger partial charge < -0.3 is 14.2 Å². The lowest BCUT2D eigenvalue weighted by Crippen LogP contribution is -2.26. The van der Waals surface area contributed by atoms with Gasteiger partial charge in [0.15, 0.2) is 0 Å². The van der Waals surface area contributed by atoms with Crippen molar-refractivity contribution < 1.29 is 14.2 Å². The zero-order chi connectivity index (χ0) is 9.94. The summed E-state index contributed by atoms with van der Waals surface area (Å²) in [4.78, 5) is 0. The Kier molecular flexibility index (Phi) is 9.12. The molecule has 0 aliphatic carbocycles. The Labute approximate surface area is 80.4 Å². The molecule has 3 nitrogen and oxygen atoms in total. The largest absolute Gasteiger partial charge is 0.379 e. The fourth-order valence-electron chi connectivity index (χ4n) is 0.809. The second-order valence-corrected chi connectivity index (χ2v) is 2.46. The Bertz CT molecular complexity index is 132. The maximum Gasteiger partial charge on any atom is 0.108 e. The van der Waals surface area contributed by atoms with Gasteiger partial charge in [0.25, 0.3) is 0 Å². The average Bonchev–Trinajstić information content (AvgIpc) is 2.17. The molecule has 76 valence electrons. The topological polar surface area (TPSA) is 27.7 Å². The smallest absolute Gasteiger partial charge is 0.108 e. The summed E-state index contributed by atoms with van der Waals surface area (Å²) in [5, 5.41) is 0. The lowest BCUT2D eigenvalue weighted by Gasteiger charge is -2.15. The van der Waals surface area contributed by atoms with Gasteiger partial charge in [-0.25, -0.2) is 0 Å². The predicted molar refractivity (Wildman–Crippen MR) is 51.6 cm³/mol. The van der Waals surface area contributed by atoms with Gasteiger partial charge in [-0.15, -0.1) is 6.42 Å². The van der Waals surface area contributed by atoms with Gasteiger partial charge in [-0.3, -0.25) is 0 Å². The van der Waals surface area contributed by atoms with E-state index in [4.69, 9.17) is 20.6 Å². The molecule has 0 heterocycles. The highest BCUT2D eigenvalue weighted by Crippen LogP contribution is 1.94. The van der Waals surface area contributed by atoms with Crippen LogP contribution >= 0.6 is 0 Å². The molecule has 0 aromatic carbocycles. The van der Waals surface area contributed by atoms with Gasteiger partial charge in [-0.1, -0.05) is 5.92 Å². The molecular weight excluding hydrogens is 168 g/mol. The van der Waals surface area contributed by atoms with Crippen LogP contribution < -0.4 is 0 Å². The van der Waals surface area contributed by atoms with E-state index in [1.807, 2.05) is 13.8 Å².